The van der Waals surface area contributed by atoms with Gasteiger partial charge in [0.15, 0.2) is 0 Å². The number of halogens is 4. The molecule has 4 rings (SSSR count). The van der Waals surface area contributed by atoms with Crippen LogP contribution in [0.4, 0.5) is 11.4 Å². The molecular weight excluding hydrogens is 702 g/mol. The van der Waals surface area contributed by atoms with Gasteiger partial charge in [-0.2, -0.15) is 0 Å². The Morgan fingerprint density at radius 2 is 1.07 bits per heavy atom. The van der Waals surface area contributed by atoms with E-state index in [2.05, 4.69) is 10.6 Å². The number of rotatable bonds is 10. The first-order valence-corrected chi connectivity index (χ1v) is 16.2. The number of thioether (sulfide) groups is 2. The minimum Gasteiger partial charge on any atom is -0.325 e. The standard InChI is InChI=1S/C26H20Cl4N4O4S4/c27-13-5-7-17(15(29)11-13)31-19(35)3-1-9-33-23(37)21(41-25(33)39)22-24(38)34(26(40)42-22)10-2-4-20(36)32-18-8-6-14(28)12-16(18)30/h5-8,11-12H,1-4,9-10H2,(H,31,35)(H,32,36)/b22-21+. The Morgan fingerprint density at radius 1 is 0.690 bits per heavy atom. The third kappa shape index (κ3) is 8.17. The van der Waals surface area contributed by atoms with Gasteiger partial charge in [0.05, 0.1) is 31.2 Å². The highest BCUT2D eigenvalue weighted by molar-refractivity contribution is 8.29. The number of nitrogens with zero attached hydrogens (tertiary/aromatic N) is 2. The van der Waals surface area contributed by atoms with Crippen LogP contribution < -0.4 is 10.6 Å². The number of hydrogen-bond acceptors (Lipinski definition) is 8. The molecule has 2 saturated heterocycles. The van der Waals surface area contributed by atoms with Crippen LogP contribution in [-0.4, -0.2) is 55.2 Å². The predicted molar refractivity (Wildman–Crippen MR) is 179 cm³/mol. The highest BCUT2D eigenvalue weighted by atomic mass is 35.5. The molecule has 2 aromatic carbocycles. The maximum Gasteiger partial charge on any atom is 0.267 e. The summed E-state index contributed by atoms with van der Waals surface area (Å²) in [7, 11) is 0. The van der Waals surface area contributed by atoms with Crippen LogP contribution >= 0.6 is 94.4 Å². The number of benzene rings is 2. The molecule has 0 saturated carbocycles. The molecule has 8 nitrogen and oxygen atoms in total. The Kier molecular flexibility index (Phi) is 11.6. The van der Waals surface area contributed by atoms with Crippen LogP contribution in [0.1, 0.15) is 25.7 Å². The number of anilines is 2. The number of nitrogens with one attached hydrogen (secondary N) is 2. The summed E-state index contributed by atoms with van der Waals surface area (Å²) in [5.74, 6) is -1.39. The first-order valence-electron chi connectivity index (χ1n) is 12.3. The van der Waals surface area contributed by atoms with E-state index < -0.39 is 11.8 Å². The van der Waals surface area contributed by atoms with Crippen molar-refractivity contribution in [3.63, 3.8) is 0 Å². The number of hydrogen-bond donors (Lipinski definition) is 2. The van der Waals surface area contributed by atoms with Crippen LogP contribution in [0.5, 0.6) is 0 Å². The molecule has 2 heterocycles. The Bertz CT molecular complexity index is 1430. The van der Waals surface area contributed by atoms with Gasteiger partial charge >= 0.3 is 0 Å². The second kappa shape index (κ2) is 14.7. The Balaban J connectivity index is 1.28. The molecule has 0 unspecified atom stereocenters. The van der Waals surface area contributed by atoms with Gasteiger partial charge in [0.1, 0.15) is 8.64 Å². The minimum atomic E-state index is -0.411. The molecule has 4 amide bonds. The normalized spacial score (nSPS) is 17.0. The van der Waals surface area contributed by atoms with Crippen molar-refractivity contribution >= 4 is 138 Å². The van der Waals surface area contributed by atoms with Crippen molar-refractivity contribution in [3.8, 4) is 0 Å². The van der Waals surface area contributed by atoms with Crippen LogP contribution in [0.2, 0.25) is 20.1 Å². The largest absolute Gasteiger partial charge is 0.325 e. The number of amides is 4. The smallest absolute Gasteiger partial charge is 0.267 e. The number of carbonyl (C=O) groups excluding carboxylic acids is 4. The molecule has 2 aromatic rings. The summed E-state index contributed by atoms with van der Waals surface area (Å²) in [6.07, 6.45) is 0.901. The maximum atomic E-state index is 13.2. The lowest BCUT2D eigenvalue weighted by molar-refractivity contribution is -0.124. The quantitative estimate of drug-likeness (QED) is 0.194. The fourth-order valence-electron chi connectivity index (χ4n) is 3.86. The topological polar surface area (TPSA) is 98.8 Å². The molecule has 0 radical (unpaired) electrons. The highest BCUT2D eigenvalue weighted by Gasteiger charge is 2.41. The van der Waals surface area contributed by atoms with Gasteiger partial charge in [-0.05, 0) is 49.2 Å². The Labute approximate surface area is 280 Å². The van der Waals surface area contributed by atoms with Crippen LogP contribution in [0.3, 0.4) is 0 Å². The molecule has 42 heavy (non-hydrogen) atoms. The van der Waals surface area contributed by atoms with Gasteiger partial charge in [-0.15, -0.1) is 0 Å². The summed E-state index contributed by atoms with van der Waals surface area (Å²) in [5.41, 5.74) is 0.871. The summed E-state index contributed by atoms with van der Waals surface area (Å²) >= 11 is 36.8. The lowest BCUT2D eigenvalue weighted by Crippen LogP contribution is -2.31. The fourth-order valence-corrected chi connectivity index (χ4v) is 7.54. The molecule has 0 spiro atoms. The van der Waals surface area contributed by atoms with Gasteiger partial charge in [-0.3, -0.25) is 29.0 Å². The number of thiocarbonyl (C=S) groups is 2. The van der Waals surface area contributed by atoms with Gasteiger partial charge in [0, 0.05) is 36.0 Å². The summed E-state index contributed by atoms with van der Waals surface area (Å²) in [4.78, 5) is 54.2. The van der Waals surface area contributed by atoms with Crippen molar-refractivity contribution in [2.24, 2.45) is 0 Å². The molecule has 0 aliphatic carbocycles. The average Bonchev–Trinajstić information content (AvgIpc) is 3.36. The molecule has 220 valence electrons. The van der Waals surface area contributed by atoms with Crippen molar-refractivity contribution in [1.82, 2.24) is 9.80 Å². The first-order chi connectivity index (χ1) is 19.9. The summed E-state index contributed by atoms with van der Waals surface area (Å²) in [6.45, 7) is 0.395. The Hall–Kier alpha value is -1.90. The molecule has 16 heteroatoms. The number of carbonyl (C=O) groups is 4. The van der Waals surface area contributed by atoms with Crippen LogP contribution in [0.15, 0.2) is 46.2 Å². The zero-order chi connectivity index (χ0) is 30.6. The van der Waals surface area contributed by atoms with Crippen molar-refractivity contribution in [2.75, 3.05) is 23.7 Å². The van der Waals surface area contributed by atoms with Crippen molar-refractivity contribution in [2.45, 2.75) is 25.7 Å². The van der Waals surface area contributed by atoms with Crippen LogP contribution in [-0.2, 0) is 19.2 Å². The fraction of sp³-hybridized carbons (Fsp3) is 0.231. The second-order valence-corrected chi connectivity index (χ2v) is 13.8. The van der Waals surface area contributed by atoms with Gasteiger partial charge < -0.3 is 10.6 Å². The van der Waals surface area contributed by atoms with E-state index in [-0.39, 0.29) is 47.6 Å². The van der Waals surface area contributed by atoms with Crippen molar-refractivity contribution < 1.29 is 19.2 Å². The van der Waals surface area contributed by atoms with E-state index in [9.17, 15) is 19.2 Å². The molecule has 2 fully saturated rings. The summed E-state index contributed by atoms with van der Waals surface area (Å²) < 4.78 is 0.581. The van der Waals surface area contributed by atoms with Crippen LogP contribution in [0, 0.1) is 0 Å². The minimum absolute atomic E-state index is 0.116. The van der Waals surface area contributed by atoms with Gasteiger partial charge in [-0.1, -0.05) is 94.4 Å². The molecule has 0 aromatic heterocycles. The van der Waals surface area contributed by atoms with Gasteiger partial charge in [0.2, 0.25) is 11.8 Å². The third-order valence-corrected chi connectivity index (χ3v) is 10.0. The van der Waals surface area contributed by atoms with E-state index in [1.165, 1.54) is 21.9 Å². The van der Waals surface area contributed by atoms with E-state index in [4.69, 9.17) is 70.8 Å². The Morgan fingerprint density at radius 3 is 1.43 bits per heavy atom. The second-order valence-electron chi connectivity index (χ2n) is 8.86. The summed E-state index contributed by atoms with van der Waals surface area (Å²) in [5, 5.41) is 6.96. The van der Waals surface area contributed by atoms with E-state index >= 15 is 0 Å². The molecule has 0 atom stereocenters. The highest BCUT2D eigenvalue weighted by Crippen LogP contribution is 2.42. The van der Waals surface area contributed by atoms with E-state index in [0.717, 1.165) is 23.5 Å². The molecule has 2 aliphatic rings. The van der Waals surface area contributed by atoms with E-state index in [0.29, 0.717) is 52.9 Å². The molecule has 0 bridgehead atoms. The van der Waals surface area contributed by atoms with Crippen molar-refractivity contribution in [1.29, 1.82) is 0 Å². The lowest BCUT2D eigenvalue weighted by atomic mass is 10.2. The van der Waals surface area contributed by atoms with E-state index in [1.54, 1.807) is 24.3 Å². The van der Waals surface area contributed by atoms with Gasteiger partial charge in [0.25, 0.3) is 11.8 Å². The first kappa shape index (κ1) is 33.0. The SMILES string of the molecule is O=C(CCCN1C(=O)/C(=C2\SC(=S)N(CCCC(=O)Nc3ccc(Cl)cc3Cl)C2=O)SC1=S)Nc1ccc(Cl)cc1Cl. The summed E-state index contributed by atoms with van der Waals surface area (Å²) in [6, 6.07) is 9.48. The maximum absolute atomic E-state index is 13.2. The average molecular weight is 723 g/mol. The van der Waals surface area contributed by atoms with Crippen molar-refractivity contribution in [3.05, 3.63) is 66.3 Å². The monoisotopic (exact) mass is 720 g/mol. The third-order valence-electron chi connectivity index (χ3n) is 5.89. The molecule has 2 N–H and O–H groups in total. The zero-order valence-electron chi connectivity index (χ0n) is 21.4. The lowest BCUT2D eigenvalue weighted by Gasteiger charge is -2.15. The van der Waals surface area contributed by atoms with E-state index in [1.807, 2.05) is 0 Å². The molecule has 2 aliphatic heterocycles. The van der Waals surface area contributed by atoms with Gasteiger partial charge in [-0.25, -0.2) is 0 Å². The predicted octanol–water partition coefficient (Wildman–Crippen LogP) is 7.37. The zero-order valence-corrected chi connectivity index (χ0v) is 27.7. The molecular formula is C26H20Cl4N4O4S4. The van der Waals surface area contributed by atoms with Crippen LogP contribution in [0.25, 0.3) is 0 Å².